The lowest BCUT2D eigenvalue weighted by atomic mass is 9.93. The van der Waals surface area contributed by atoms with E-state index in [9.17, 15) is 18.8 Å². The number of rotatable bonds is 11. The lowest BCUT2D eigenvalue weighted by molar-refractivity contribution is 0.0522. The van der Waals surface area contributed by atoms with Crippen molar-refractivity contribution in [3.8, 4) is 33.8 Å². The first-order chi connectivity index (χ1) is 24.8. The highest BCUT2D eigenvalue weighted by Crippen LogP contribution is 2.39. The van der Waals surface area contributed by atoms with E-state index in [4.69, 9.17) is 25.8 Å². The third-order valence-corrected chi connectivity index (χ3v) is 7.80. The van der Waals surface area contributed by atoms with Crippen molar-refractivity contribution in [1.29, 1.82) is 0 Å². The van der Waals surface area contributed by atoms with Crippen molar-refractivity contribution in [3.63, 3.8) is 0 Å². The molecule has 3 amide bonds. The largest absolute Gasteiger partial charge is 0.457 e. The number of carbonyl (C=O) groups excluding carboxylic acids is 3. The Morgan fingerprint density at radius 1 is 0.750 bits per heavy atom. The minimum Gasteiger partial charge on any atom is -0.457 e. The van der Waals surface area contributed by atoms with Gasteiger partial charge in [0.15, 0.2) is 6.23 Å². The van der Waals surface area contributed by atoms with Gasteiger partial charge in [-0.15, -0.1) is 0 Å². The van der Waals surface area contributed by atoms with Crippen molar-refractivity contribution < 1.29 is 33.0 Å². The Kier molecular flexibility index (Phi) is 12.1. The van der Waals surface area contributed by atoms with Crippen LogP contribution in [-0.2, 0) is 22.6 Å². The zero-order valence-electron chi connectivity index (χ0n) is 29.2. The maximum atomic E-state index is 14.0. The van der Waals surface area contributed by atoms with E-state index in [0.29, 0.717) is 33.2 Å². The fourth-order valence-electron chi connectivity index (χ4n) is 5.22. The molecule has 3 N–H and O–H groups in total. The fourth-order valence-corrected chi connectivity index (χ4v) is 5.38. The number of alkyl carbamates (subject to hydrolysis) is 2. The topological polar surface area (TPSA) is 115 Å². The Balaban J connectivity index is 1.40. The maximum Gasteiger partial charge on any atom is 0.409 e. The van der Waals surface area contributed by atoms with Gasteiger partial charge in [-0.2, -0.15) is 0 Å². The first-order valence-corrected chi connectivity index (χ1v) is 16.9. The molecule has 0 saturated carbocycles. The van der Waals surface area contributed by atoms with Crippen LogP contribution in [0.4, 0.5) is 14.0 Å². The number of ether oxygens (including phenoxy) is 3. The van der Waals surface area contributed by atoms with E-state index < -0.39 is 35.7 Å². The molecule has 0 aliphatic rings. The summed E-state index contributed by atoms with van der Waals surface area (Å²) in [5.41, 5.74) is 3.60. The standard InChI is InChI=1S/C41H39ClFN3O6/c1-26(50-39(48)45-25-30-14-8-9-16-36(30)43)46-38(47)34-19-17-29(28-12-6-5-7-13-28)22-35(34)33-20-18-31(42)23-37(33)51-32-15-10-11-27(21-32)24-44-40(49)52-41(2,3)4/h5-23,26H,24-25H2,1-4H3,(H,44,49)(H,45,48)(H,46,47). The third-order valence-electron chi connectivity index (χ3n) is 7.57. The van der Waals surface area contributed by atoms with Gasteiger partial charge in [0.1, 0.15) is 22.9 Å². The molecule has 5 rings (SSSR count). The van der Waals surface area contributed by atoms with Crippen LogP contribution in [0.3, 0.4) is 0 Å². The summed E-state index contributed by atoms with van der Waals surface area (Å²) in [6.45, 7) is 7.01. The second-order valence-corrected chi connectivity index (χ2v) is 13.3. The summed E-state index contributed by atoms with van der Waals surface area (Å²) in [4.78, 5) is 38.5. The van der Waals surface area contributed by atoms with Gasteiger partial charge in [-0.3, -0.25) is 4.79 Å². The van der Waals surface area contributed by atoms with Gasteiger partial charge in [0, 0.05) is 40.9 Å². The van der Waals surface area contributed by atoms with Crippen LogP contribution in [0.25, 0.3) is 22.3 Å². The molecule has 0 fully saturated rings. The molecule has 0 aliphatic carbocycles. The number of benzene rings is 5. The molecule has 0 bridgehead atoms. The summed E-state index contributed by atoms with van der Waals surface area (Å²) in [6.07, 6.45) is -2.40. The highest BCUT2D eigenvalue weighted by atomic mass is 35.5. The summed E-state index contributed by atoms with van der Waals surface area (Å²) in [7, 11) is 0. The molecule has 0 radical (unpaired) electrons. The fraction of sp³-hybridized carbons (Fsp3) is 0.195. The van der Waals surface area contributed by atoms with Gasteiger partial charge in [0.2, 0.25) is 0 Å². The molecule has 0 aromatic heterocycles. The quantitative estimate of drug-likeness (QED) is 0.117. The number of carbonyl (C=O) groups is 3. The monoisotopic (exact) mass is 723 g/mol. The second-order valence-electron chi connectivity index (χ2n) is 12.8. The van der Waals surface area contributed by atoms with E-state index >= 15 is 0 Å². The molecule has 5 aromatic carbocycles. The van der Waals surface area contributed by atoms with Crippen LogP contribution in [0.1, 0.15) is 49.2 Å². The average Bonchev–Trinajstić information content (AvgIpc) is 3.10. The molecule has 52 heavy (non-hydrogen) atoms. The molecule has 1 atom stereocenters. The lowest BCUT2D eigenvalue weighted by Crippen LogP contribution is -2.39. The van der Waals surface area contributed by atoms with Gasteiger partial charge in [-0.1, -0.05) is 78.3 Å². The normalized spacial score (nSPS) is 11.6. The Morgan fingerprint density at radius 3 is 2.23 bits per heavy atom. The predicted octanol–water partition coefficient (Wildman–Crippen LogP) is 9.63. The zero-order chi connectivity index (χ0) is 37.3. The van der Waals surface area contributed by atoms with Crippen LogP contribution in [-0.4, -0.2) is 29.9 Å². The van der Waals surface area contributed by atoms with Crippen LogP contribution in [0.15, 0.2) is 115 Å². The molecule has 0 heterocycles. The van der Waals surface area contributed by atoms with Crippen molar-refractivity contribution in [1.82, 2.24) is 16.0 Å². The summed E-state index contributed by atoms with van der Waals surface area (Å²) < 4.78 is 31.1. The van der Waals surface area contributed by atoms with E-state index in [1.54, 1.807) is 81.4 Å². The summed E-state index contributed by atoms with van der Waals surface area (Å²) in [5.74, 6) is -0.120. The zero-order valence-corrected chi connectivity index (χ0v) is 29.9. The van der Waals surface area contributed by atoms with Crippen LogP contribution in [0.2, 0.25) is 5.02 Å². The summed E-state index contributed by atoms with van der Waals surface area (Å²) in [6, 6.07) is 33.5. The Bertz CT molecular complexity index is 2050. The molecular formula is C41H39ClFN3O6. The van der Waals surface area contributed by atoms with Crippen molar-refractivity contribution in [3.05, 3.63) is 143 Å². The van der Waals surface area contributed by atoms with E-state index in [0.717, 1.165) is 16.7 Å². The van der Waals surface area contributed by atoms with Gasteiger partial charge in [-0.05, 0) is 92.4 Å². The average molecular weight is 724 g/mol. The molecule has 268 valence electrons. The molecule has 0 saturated heterocycles. The number of hydrogen-bond acceptors (Lipinski definition) is 6. The minimum atomic E-state index is -1.03. The summed E-state index contributed by atoms with van der Waals surface area (Å²) in [5, 5.41) is 8.38. The molecule has 9 nitrogen and oxygen atoms in total. The Labute approximate surface area is 307 Å². The number of nitrogens with one attached hydrogen (secondary N) is 3. The van der Waals surface area contributed by atoms with Crippen molar-refractivity contribution in [2.45, 2.75) is 52.6 Å². The highest BCUT2D eigenvalue weighted by molar-refractivity contribution is 6.30. The van der Waals surface area contributed by atoms with Gasteiger partial charge in [0.25, 0.3) is 5.91 Å². The number of halogens is 2. The Hall–Kier alpha value is -5.87. The van der Waals surface area contributed by atoms with E-state index in [-0.39, 0.29) is 18.7 Å². The van der Waals surface area contributed by atoms with E-state index in [2.05, 4.69) is 16.0 Å². The van der Waals surface area contributed by atoms with Crippen molar-refractivity contribution >= 4 is 29.7 Å². The van der Waals surface area contributed by atoms with Gasteiger partial charge >= 0.3 is 12.2 Å². The SMILES string of the molecule is CC(NC(=O)c1ccc(-c2ccccc2)cc1-c1ccc(Cl)cc1Oc1cccc(CNC(=O)OC(C)(C)C)c1)OC(=O)NCc1ccccc1F. The van der Waals surface area contributed by atoms with Crippen LogP contribution >= 0.6 is 11.6 Å². The first kappa shape index (κ1) is 37.4. The minimum absolute atomic E-state index is 0.0836. The van der Waals surface area contributed by atoms with Gasteiger partial charge in [0.05, 0.1) is 0 Å². The molecule has 0 aliphatic heterocycles. The lowest BCUT2D eigenvalue weighted by Gasteiger charge is -2.20. The molecule has 0 spiro atoms. The molecule has 11 heteroatoms. The highest BCUT2D eigenvalue weighted by Gasteiger charge is 2.21. The number of hydrogen-bond donors (Lipinski definition) is 3. The van der Waals surface area contributed by atoms with Crippen LogP contribution in [0, 0.1) is 5.82 Å². The van der Waals surface area contributed by atoms with E-state index in [1.807, 2.05) is 48.5 Å². The van der Waals surface area contributed by atoms with Crippen LogP contribution < -0.4 is 20.7 Å². The molecular weight excluding hydrogens is 685 g/mol. The Morgan fingerprint density at radius 2 is 1.48 bits per heavy atom. The predicted molar refractivity (Wildman–Crippen MR) is 199 cm³/mol. The summed E-state index contributed by atoms with van der Waals surface area (Å²) >= 11 is 6.46. The third kappa shape index (κ3) is 10.6. The van der Waals surface area contributed by atoms with Crippen molar-refractivity contribution in [2.75, 3.05) is 0 Å². The first-order valence-electron chi connectivity index (χ1n) is 16.6. The number of amides is 3. The van der Waals surface area contributed by atoms with Crippen LogP contribution in [0.5, 0.6) is 11.5 Å². The smallest absolute Gasteiger partial charge is 0.409 e. The second kappa shape index (κ2) is 16.9. The molecule has 1 unspecified atom stereocenters. The van der Waals surface area contributed by atoms with Crippen molar-refractivity contribution in [2.24, 2.45) is 0 Å². The van der Waals surface area contributed by atoms with Gasteiger partial charge in [-0.25, -0.2) is 14.0 Å². The van der Waals surface area contributed by atoms with Gasteiger partial charge < -0.3 is 30.2 Å². The molecule has 5 aromatic rings. The maximum absolute atomic E-state index is 14.0. The van der Waals surface area contributed by atoms with E-state index in [1.165, 1.54) is 13.0 Å².